The molecule has 2 aromatic carbocycles. The fraction of sp³-hybridized carbons (Fsp3) is 0.467. The normalized spacial score (nSPS) is 20.2. The summed E-state index contributed by atoms with van der Waals surface area (Å²) in [6, 6.07) is 11.8. The van der Waals surface area contributed by atoms with Gasteiger partial charge in [0.05, 0.1) is 68.9 Å². The van der Waals surface area contributed by atoms with Gasteiger partial charge in [-0.3, -0.25) is 9.59 Å². The van der Waals surface area contributed by atoms with Gasteiger partial charge in [0, 0.05) is 30.3 Å². The second-order valence-corrected chi connectivity index (χ2v) is 16.7. The maximum absolute atomic E-state index is 13.7. The summed E-state index contributed by atoms with van der Waals surface area (Å²) in [4.78, 5) is 71.3. The second kappa shape index (κ2) is 17.6. The third kappa shape index (κ3) is 8.25. The third-order valence-corrected chi connectivity index (χ3v) is 12.1. The molecule has 62 heavy (non-hydrogen) atoms. The number of imidazole rings is 2. The van der Waals surface area contributed by atoms with E-state index in [2.05, 4.69) is 25.6 Å². The van der Waals surface area contributed by atoms with Gasteiger partial charge in [-0.25, -0.2) is 19.6 Å². The minimum atomic E-state index is -1.17. The number of amides is 4. The number of nitrogens with zero attached hydrogens (tertiary/aromatic N) is 4. The van der Waals surface area contributed by atoms with Gasteiger partial charge in [0.25, 0.3) is 0 Å². The van der Waals surface area contributed by atoms with Crippen LogP contribution >= 0.6 is 0 Å². The number of hydrogen-bond acceptors (Lipinski definition) is 11. The minimum absolute atomic E-state index is 0.126. The molecule has 4 aliphatic rings. The number of nitrogens with one attached hydrogen (secondary N) is 4. The number of alkyl carbamates (subject to hydrolysis) is 2. The summed E-state index contributed by atoms with van der Waals surface area (Å²) in [5.74, 6) is 0.772. The lowest BCUT2D eigenvalue weighted by Crippen LogP contribution is -2.51. The molecule has 0 saturated carbocycles. The average molecular weight is 851 g/mol. The van der Waals surface area contributed by atoms with Crippen molar-refractivity contribution in [2.75, 3.05) is 40.5 Å². The predicted molar refractivity (Wildman–Crippen MR) is 226 cm³/mol. The minimum Gasteiger partial charge on any atom is -0.456 e. The molecular formula is C45H54N8O9. The highest BCUT2D eigenvalue weighted by atomic mass is 16.7. The lowest BCUT2D eigenvalue weighted by molar-refractivity contribution is -0.136. The molecule has 0 aliphatic carbocycles. The van der Waals surface area contributed by atoms with Crippen LogP contribution in [0.4, 0.5) is 9.59 Å². The molecule has 0 unspecified atom stereocenters. The van der Waals surface area contributed by atoms with Gasteiger partial charge in [-0.2, -0.15) is 0 Å². The predicted octanol–water partition coefficient (Wildman–Crippen LogP) is 6.19. The molecule has 4 aromatic rings. The molecule has 17 nitrogen and oxygen atoms in total. The zero-order valence-corrected chi connectivity index (χ0v) is 35.9. The van der Waals surface area contributed by atoms with Crippen LogP contribution in [0.5, 0.6) is 5.75 Å². The number of methoxy groups -OCH3 is 2. The summed E-state index contributed by atoms with van der Waals surface area (Å²) in [5, 5.41) is 5.39. The molecule has 4 N–H and O–H groups in total. The molecule has 6 heterocycles. The van der Waals surface area contributed by atoms with Crippen molar-refractivity contribution in [3.8, 4) is 28.3 Å². The maximum atomic E-state index is 13.7. The molecule has 4 amide bonds. The van der Waals surface area contributed by atoms with Gasteiger partial charge in [-0.15, -0.1) is 0 Å². The van der Waals surface area contributed by atoms with E-state index in [1.54, 1.807) is 22.2 Å². The molecule has 3 fully saturated rings. The standard InChI is InChI=1S/C45H54N8O9/c1-25(2)37(50-43(56)58-5)41(54)52-17-7-9-33(52)39-46-23-31(48-39)27-11-13-28(14-12-27)36-22-45(60-19-20-61-45)30-21-29(15-16-35(30)62-36)32-24-47-40(49-32)34-10-8-18-53(34)42(55)38(26(3)4)51-44(57)59-6/h11-16,21-26,33-34,37-38H,7-10,17-20H2,1-6H3,(H,46,48)(H,47,49)(H,50,56)(H,51,57)/t33-,34-,37-,38-/m0/s1. The summed E-state index contributed by atoms with van der Waals surface area (Å²) < 4.78 is 28.7. The van der Waals surface area contributed by atoms with Crippen LogP contribution in [-0.4, -0.2) is 106 Å². The van der Waals surface area contributed by atoms with E-state index in [9.17, 15) is 19.2 Å². The van der Waals surface area contributed by atoms with Crippen LogP contribution in [0.1, 0.15) is 88.2 Å². The first kappa shape index (κ1) is 42.5. The van der Waals surface area contributed by atoms with E-state index in [1.807, 2.05) is 76.2 Å². The quantitative estimate of drug-likeness (QED) is 0.134. The van der Waals surface area contributed by atoms with Gasteiger partial charge in [-0.1, -0.05) is 52.0 Å². The number of likely N-dealkylation sites (tertiary alicyclic amines) is 2. The lowest BCUT2D eigenvalue weighted by atomic mass is 9.96. The summed E-state index contributed by atoms with van der Waals surface area (Å²) in [6.45, 7) is 9.50. The van der Waals surface area contributed by atoms with Crippen LogP contribution in [0, 0.1) is 11.8 Å². The largest absolute Gasteiger partial charge is 0.456 e. The van der Waals surface area contributed by atoms with Crippen LogP contribution in [-0.2, 0) is 34.3 Å². The van der Waals surface area contributed by atoms with Crippen molar-refractivity contribution in [3.05, 3.63) is 83.7 Å². The number of ether oxygens (including phenoxy) is 5. The van der Waals surface area contributed by atoms with Gasteiger partial charge < -0.3 is 54.1 Å². The molecule has 328 valence electrons. The Morgan fingerprint density at radius 3 is 1.71 bits per heavy atom. The van der Waals surface area contributed by atoms with Crippen LogP contribution in [0.25, 0.3) is 28.3 Å². The van der Waals surface area contributed by atoms with E-state index in [1.165, 1.54) is 14.2 Å². The highest BCUT2D eigenvalue weighted by Gasteiger charge is 2.44. The number of carbonyl (C=O) groups is 4. The van der Waals surface area contributed by atoms with Crippen LogP contribution in [0.3, 0.4) is 0 Å². The van der Waals surface area contributed by atoms with Gasteiger partial charge >= 0.3 is 12.2 Å². The monoisotopic (exact) mass is 850 g/mol. The summed E-state index contributed by atoms with van der Waals surface area (Å²) in [5.41, 5.74) is 4.86. The topological polar surface area (TPSA) is 202 Å². The van der Waals surface area contributed by atoms with Crippen LogP contribution in [0.2, 0.25) is 0 Å². The average Bonchev–Trinajstić information content (AvgIpc) is 4.14. The van der Waals surface area contributed by atoms with E-state index in [4.69, 9.17) is 28.7 Å². The number of aromatic nitrogens is 4. The van der Waals surface area contributed by atoms with E-state index in [0.717, 1.165) is 59.3 Å². The number of rotatable bonds is 11. The van der Waals surface area contributed by atoms with Crippen molar-refractivity contribution in [2.24, 2.45) is 11.8 Å². The Kier molecular flexibility index (Phi) is 12.1. The molecule has 0 radical (unpaired) electrons. The van der Waals surface area contributed by atoms with Crippen molar-refractivity contribution < 1.29 is 42.9 Å². The highest BCUT2D eigenvalue weighted by molar-refractivity contribution is 5.87. The Bertz CT molecular complexity index is 2330. The van der Waals surface area contributed by atoms with Gasteiger partial charge in [0.2, 0.25) is 17.6 Å². The number of benzene rings is 2. The summed E-state index contributed by atoms with van der Waals surface area (Å²) in [6.07, 6.45) is 7.25. The molecule has 3 saturated heterocycles. The first-order valence-electron chi connectivity index (χ1n) is 21.2. The Hall–Kier alpha value is -6.20. The third-order valence-electron chi connectivity index (χ3n) is 12.1. The Balaban J connectivity index is 0.981. The molecule has 1 spiro atoms. The van der Waals surface area contributed by atoms with Crippen molar-refractivity contribution in [1.29, 1.82) is 0 Å². The van der Waals surface area contributed by atoms with Gasteiger partial charge in [0.15, 0.2) is 0 Å². The van der Waals surface area contributed by atoms with E-state index in [-0.39, 0.29) is 35.7 Å². The molecule has 17 heteroatoms. The van der Waals surface area contributed by atoms with Gasteiger partial charge in [0.1, 0.15) is 35.2 Å². The molecular weight excluding hydrogens is 797 g/mol. The van der Waals surface area contributed by atoms with Crippen molar-refractivity contribution in [3.63, 3.8) is 0 Å². The van der Waals surface area contributed by atoms with Crippen LogP contribution in [0.15, 0.2) is 60.9 Å². The summed E-state index contributed by atoms with van der Waals surface area (Å²) >= 11 is 0. The summed E-state index contributed by atoms with van der Waals surface area (Å²) in [7, 11) is 2.56. The molecule has 2 aromatic heterocycles. The number of fused-ring (bicyclic) bond motifs is 2. The van der Waals surface area contributed by atoms with E-state index < -0.39 is 30.1 Å². The smallest absolute Gasteiger partial charge is 0.407 e. The number of hydrogen-bond donors (Lipinski definition) is 4. The number of H-pyrrole nitrogens is 2. The second-order valence-electron chi connectivity index (χ2n) is 16.7. The highest BCUT2D eigenvalue weighted by Crippen LogP contribution is 2.47. The SMILES string of the molecule is COC(=O)N[C@H](C(=O)N1CCC[C@H]1c1ncc(-c2ccc(C3=CC4(OCCO4)c4cc(-c5cnc([C@@H]6CCCN6C(=O)[C@@H](NC(=O)OC)C(C)C)[nH]5)ccc4O3)cc2)[nH]1)C(C)C. The number of carbonyl (C=O) groups excluding carboxylic acids is 4. The van der Waals surface area contributed by atoms with Crippen molar-refractivity contribution in [2.45, 2.75) is 83.3 Å². The Morgan fingerprint density at radius 2 is 1.21 bits per heavy atom. The molecule has 0 bridgehead atoms. The lowest BCUT2D eigenvalue weighted by Gasteiger charge is -2.32. The van der Waals surface area contributed by atoms with Gasteiger partial charge in [-0.05, 0) is 61.3 Å². The molecule has 4 atom stereocenters. The first-order valence-corrected chi connectivity index (χ1v) is 21.2. The van der Waals surface area contributed by atoms with Crippen molar-refractivity contribution in [1.82, 2.24) is 40.4 Å². The maximum Gasteiger partial charge on any atom is 0.407 e. The Labute approximate surface area is 359 Å². The first-order chi connectivity index (χ1) is 29.9. The zero-order valence-electron chi connectivity index (χ0n) is 35.9. The zero-order chi connectivity index (χ0) is 43.7. The molecule has 8 rings (SSSR count). The Morgan fingerprint density at radius 1 is 0.726 bits per heavy atom. The van der Waals surface area contributed by atoms with E-state index >= 15 is 0 Å². The number of aromatic amines is 2. The van der Waals surface area contributed by atoms with E-state index in [0.29, 0.717) is 49.5 Å². The fourth-order valence-corrected chi connectivity index (χ4v) is 8.77. The molecule has 4 aliphatic heterocycles. The van der Waals surface area contributed by atoms with Crippen molar-refractivity contribution >= 4 is 29.8 Å². The fourth-order valence-electron chi connectivity index (χ4n) is 8.77. The van der Waals surface area contributed by atoms with Crippen LogP contribution < -0.4 is 15.4 Å².